The molecule has 0 aromatic heterocycles. The minimum atomic E-state index is -0.0435. The fraction of sp³-hybridized carbons (Fsp3) is 0.944. The Labute approximate surface area is 380 Å². The summed E-state index contributed by atoms with van der Waals surface area (Å²) in [5.41, 5.74) is 0. The standard InChI is InChI=1S/C54H106N2O5/c1-8-13-18-21-23-32-42-52(57)56(46-35-45-55(6)7)51(40-30-24-33-43-53(58)60-47-49(36-26-16-11-4)38-28-20-15-10-3)41-31-25-34-44-54(59)61-48-50(37-27-17-12-5)39-29-22-19-14-9-2/h49-51H,8-48H2,1-7H3. The summed E-state index contributed by atoms with van der Waals surface area (Å²) in [6, 6.07) is 0.200. The fourth-order valence-electron chi connectivity index (χ4n) is 8.83. The zero-order chi connectivity index (χ0) is 45.0. The molecule has 0 aromatic carbocycles. The van der Waals surface area contributed by atoms with Crippen molar-refractivity contribution in [2.24, 2.45) is 11.8 Å². The molecular formula is C54H106N2O5. The van der Waals surface area contributed by atoms with Crippen molar-refractivity contribution in [3.8, 4) is 0 Å². The van der Waals surface area contributed by atoms with Crippen LogP contribution in [0.5, 0.6) is 0 Å². The summed E-state index contributed by atoms with van der Waals surface area (Å²) in [6.45, 7) is 14.2. The van der Waals surface area contributed by atoms with Crippen molar-refractivity contribution in [1.29, 1.82) is 0 Å². The second-order valence-corrected chi connectivity index (χ2v) is 19.3. The number of rotatable bonds is 47. The lowest BCUT2D eigenvalue weighted by molar-refractivity contribution is -0.146. The predicted octanol–water partition coefficient (Wildman–Crippen LogP) is 15.6. The predicted molar refractivity (Wildman–Crippen MR) is 262 cm³/mol. The van der Waals surface area contributed by atoms with E-state index in [0.717, 1.165) is 83.7 Å². The Morgan fingerprint density at radius 1 is 0.377 bits per heavy atom. The van der Waals surface area contributed by atoms with Crippen LogP contribution in [0.15, 0.2) is 0 Å². The molecule has 0 aromatic rings. The molecule has 0 aliphatic heterocycles. The molecule has 1 amide bonds. The maximum absolute atomic E-state index is 13.9. The van der Waals surface area contributed by atoms with Gasteiger partial charge in [0.05, 0.1) is 13.2 Å². The molecule has 0 aliphatic carbocycles. The molecule has 3 atom stereocenters. The Kier molecular flexibility index (Phi) is 43.8. The molecule has 0 saturated carbocycles. The van der Waals surface area contributed by atoms with E-state index in [4.69, 9.17) is 9.47 Å². The van der Waals surface area contributed by atoms with Crippen molar-refractivity contribution in [2.45, 2.75) is 278 Å². The highest BCUT2D eigenvalue weighted by Gasteiger charge is 2.23. The summed E-state index contributed by atoms with van der Waals surface area (Å²) >= 11 is 0. The normalized spacial score (nSPS) is 13.0. The van der Waals surface area contributed by atoms with Crippen LogP contribution in [-0.2, 0) is 23.9 Å². The third-order valence-corrected chi connectivity index (χ3v) is 12.9. The largest absolute Gasteiger partial charge is 0.465 e. The molecular weight excluding hydrogens is 757 g/mol. The molecule has 0 rings (SSSR count). The number of nitrogens with zero attached hydrogens (tertiary/aromatic N) is 2. The zero-order valence-electron chi connectivity index (χ0n) is 42.2. The van der Waals surface area contributed by atoms with E-state index in [0.29, 0.717) is 50.2 Å². The number of unbranched alkanes of at least 4 members (excludes halogenated alkanes) is 20. The highest BCUT2D eigenvalue weighted by molar-refractivity contribution is 5.76. The summed E-state index contributed by atoms with van der Waals surface area (Å²) in [5, 5.41) is 0. The van der Waals surface area contributed by atoms with Crippen molar-refractivity contribution in [2.75, 3.05) is 40.4 Å². The molecule has 362 valence electrons. The molecule has 0 N–H and O–H groups in total. The van der Waals surface area contributed by atoms with Crippen LogP contribution in [0.3, 0.4) is 0 Å². The SMILES string of the molecule is CCCCCCCCC(=O)N(CCCN(C)C)C(CCCCCC(=O)OCC(CCCCC)CCCCCC)CCCCCC(=O)OCC(CCCCC)CCCCCCC. The third-order valence-electron chi connectivity index (χ3n) is 12.9. The quantitative estimate of drug-likeness (QED) is 0.0448. The topological polar surface area (TPSA) is 76.2 Å². The number of hydrogen-bond donors (Lipinski definition) is 0. The average Bonchev–Trinajstić information content (AvgIpc) is 3.24. The molecule has 0 fully saturated rings. The number of ether oxygens (including phenoxy) is 2. The second kappa shape index (κ2) is 45.0. The zero-order valence-corrected chi connectivity index (χ0v) is 42.2. The molecule has 7 nitrogen and oxygen atoms in total. The second-order valence-electron chi connectivity index (χ2n) is 19.3. The molecule has 0 saturated heterocycles. The minimum absolute atomic E-state index is 0.0417. The lowest BCUT2D eigenvalue weighted by Crippen LogP contribution is -2.41. The van der Waals surface area contributed by atoms with E-state index in [1.54, 1.807) is 0 Å². The van der Waals surface area contributed by atoms with Crippen LogP contribution in [-0.4, -0.2) is 74.1 Å². The van der Waals surface area contributed by atoms with Crippen LogP contribution in [0.25, 0.3) is 0 Å². The smallest absolute Gasteiger partial charge is 0.305 e. The lowest BCUT2D eigenvalue weighted by Gasteiger charge is -2.33. The van der Waals surface area contributed by atoms with Crippen molar-refractivity contribution >= 4 is 17.8 Å². The van der Waals surface area contributed by atoms with Gasteiger partial charge < -0.3 is 19.3 Å². The summed E-state index contributed by atoms with van der Waals surface area (Å²) < 4.78 is 11.7. The summed E-state index contributed by atoms with van der Waals surface area (Å²) in [6.07, 6.45) is 40.9. The van der Waals surface area contributed by atoms with Gasteiger partial charge in [0, 0.05) is 31.8 Å². The van der Waals surface area contributed by atoms with Gasteiger partial charge in [0.25, 0.3) is 0 Å². The molecule has 7 heteroatoms. The molecule has 3 unspecified atom stereocenters. The Morgan fingerprint density at radius 3 is 1.15 bits per heavy atom. The van der Waals surface area contributed by atoms with Gasteiger partial charge in [-0.05, 0) is 96.7 Å². The van der Waals surface area contributed by atoms with Crippen molar-refractivity contribution < 1.29 is 23.9 Å². The Hall–Kier alpha value is -1.63. The number of carbonyl (C=O) groups is 3. The molecule has 61 heavy (non-hydrogen) atoms. The first-order chi connectivity index (χ1) is 29.7. The minimum Gasteiger partial charge on any atom is -0.465 e. The number of carbonyl (C=O) groups excluding carboxylic acids is 3. The van der Waals surface area contributed by atoms with Gasteiger partial charge in [-0.1, -0.05) is 189 Å². The van der Waals surface area contributed by atoms with Gasteiger partial charge in [0.2, 0.25) is 5.91 Å². The number of amides is 1. The highest BCUT2D eigenvalue weighted by Crippen LogP contribution is 2.23. The van der Waals surface area contributed by atoms with E-state index >= 15 is 0 Å². The van der Waals surface area contributed by atoms with E-state index < -0.39 is 0 Å². The summed E-state index contributed by atoms with van der Waals surface area (Å²) in [5.74, 6) is 1.22. The lowest BCUT2D eigenvalue weighted by atomic mass is 9.95. The average molecular weight is 863 g/mol. The van der Waals surface area contributed by atoms with E-state index in [-0.39, 0.29) is 18.0 Å². The number of esters is 2. The maximum atomic E-state index is 13.9. The van der Waals surface area contributed by atoms with Gasteiger partial charge in [0.15, 0.2) is 0 Å². The van der Waals surface area contributed by atoms with Crippen LogP contribution in [0.2, 0.25) is 0 Å². The van der Waals surface area contributed by atoms with Gasteiger partial charge in [-0.25, -0.2) is 0 Å². The van der Waals surface area contributed by atoms with Crippen molar-refractivity contribution in [3.63, 3.8) is 0 Å². The number of hydrogen-bond acceptors (Lipinski definition) is 6. The van der Waals surface area contributed by atoms with Crippen LogP contribution in [0, 0.1) is 11.8 Å². The molecule has 0 heterocycles. The van der Waals surface area contributed by atoms with E-state index in [1.807, 2.05) is 0 Å². The summed E-state index contributed by atoms with van der Waals surface area (Å²) in [7, 11) is 4.22. The van der Waals surface area contributed by atoms with Gasteiger partial charge in [-0.3, -0.25) is 14.4 Å². The molecule has 0 radical (unpaired) electrons. The van der Waals surface area contributed by atoms with E-state index in [2.05, 4.69) is 58.5 Å². The first-order valence-electron chi connectivity index (χ1n) is 27.0. The van der Waals surface area contributed by atoms with Crippen LogP contribution in [0.1, 0.15) is 272 Å². The van der Waals surface area contributed by atoms with Crippen LogP contribution < -0.4 is 0 Å². The van der Waals surface area contributed by atoms with E-state index in [9.17, 15) is 14.4 Å². The Morgan fingerprint density at radius 2 is 0.705 bits per heavy atom. The third kappa shape index (κ3) is 38.5. The van der Waals surface area contributed by atoms with Crippen LogP contribution >= 0.6 is 0 Å². The van der Waals surface area contributed by atoms with Gasteiger partial charge in [-0.15, -0.1) is 0 Å². The molecule has 0 bridgehead atoms. The first-order valence-corrected chi connectivity index (χ1v) is 27.0. The highest BCUT2D eigenvalue weighted by atomic mass is 16.5. The van der Waals surface area contributed by atoms with Gasteiger partial charge in [0.1, 0.15) is 0 Å². The Bertz CT molecular complexity index is 973. The van der Waals surface area contributed by atoms with Crippen LogP contribution in [0.4, 0.5) is 0 Å². The fourth-order valence-corrected chi connectivity index (χ4v) is 8.83. The maximum Gasteiger partial charge on any atom is 0.305 e. The first kappa shape index (κ1) is 59.4. The Balaban J connectivity index is 5.29. The van der Waals surface area contributed by atoms with Crippen molar-refractivity contribution in [1.82, 2.24) is 9.80 Å². The summed E-state index contributed by atoms with van der Waals surface area (Å²) in [4.78, 5) is 44.1. The molecule has 0 aliphatic rings. The van der Waals surface area contributed by atoms with Gasteiger partial charge in [-0.2, -0.15) is 0 Å². The van der Waals surface area contributed by atoms with Crippen molar-refractivity contribution in [3.05, 3.63) is 0 Å². The van der Waals surface area contributed by atoms with E-state index in [1.165, 1.54) is 148 Å². The van der Waals surface area contributed by atoms with Gasteiger partial charge >= 0.3 is 11.9 Å². The monoisotopic (exact) mass is 863 g/mol. The molecule has 0 spiro atoms.